The van der Waals surface area contributed by atoms with Gasteiger partial charge in [0.25, 0.3) is 10.0 Å². The molecule has 3 aromatic carbocycles. The van der Waals surface area contributed by atoms with Gasteiger partial charge < -0.3 is 15.0 Å². The zero-order valence-electron chi connectivity index (χ0n) is 21.5. The fraction of sp³-hybridized carbons (Fsp3) is 0.286. The van der Waals surface area contributed by atoms with Gasteiger partial charge in [0.1, 0.15) is 18.3 Å². The van der Waals surface area contributed by atoms with Crippen molar-refractivity contribution in [1.82, 2.24) is 10.2 Å². The molecule has 0 heterocycles. The molecule has 0 saturated heterocycles. The summed E-state index contributed by atoms with van der Waals surface area (Å²) in [4.78, 5) is 28.0. The van der Waals surface area contributed by atoms with E-state index in [0.29, 0.717) is 12.3 Å². The van der Waals surface area contributed by atoms with E-state index in [9.17, 15) is 18.0 Å². The van der Waals surface area contributed by atoms with Crippen LogP contribution in [-0.2, 0) is 26.2 Å². The van der Waals surface area contributed by atoms with Gasteiger partial charge in [-0.2, -0.15) is 0 Å². The number of carbonyl (C=O) groups excluding carboxylic acids is 2. The first kappa shape index (κ1) is 27.7. The maximum absolute atomic E-state index is 13.8. The molecule has 3 rings (SSSR count). The minimum atomic E-state index is -4.14. The molecule has 0 spiro atoms. The van der Waals surface area contributed by atoms with E-state index in [4.69, 9.17) is 4.74 Å². The number of aryl methyl sites for hydroxylation is 1. The average molecular weight is 524 g/mol. The molecule has 0 saturated carbocycles. The molecule has 3 aromatic rings. The van der Waals surface area contributed by atoms with E-state index in [2.05, 4.69) is 5.32 Å². The molecule has 0 radical (unpaired) electrons. The lowest BCUT2D eigenvalue weighted by molar-refractivity contribution is -0.139. The van der Waals surface area contributed by atoms with Crippen molar-refractivity contribution in [2.75, 3.05) is 24.5 Å². The maximum atomic E-state index is 13.8. The van der Waals surface area contributed by atoms with Crippen LogP contribution < -0.4 is 14.4 Å². The lowest BCUT2D eigenvalue weighted by Gasteiger charge is -2.32. The third-order valence-corrected chi connectivity index (χ3v) is 7.73. The molecular formula is C28H33N3O5S. The van der Waals surface area contributed by atoms with Crippen LogP contribution in [0.2, 0.25) is 0 Å². The van der Waals surface area contributed by atoms with Gasteiger partial charge in [0, 0.05) is 13.1 Å². The summed E-state index contributed by atoms with van der Waals surface area (Å²) in [5, 5.41) is 2.75. The van der Waals surface area contributed by atoms with Crippen LogP contribution in [0, 0.1) is 6.92 Å². The van der Waals surface area contributed by atoms with Crippen LogP contribution in [-0.4, -0.2) is 51.4 Å². The molecule has 9 heteroatoms. The number of hydrogen-bond donors (Lipinski definition) is 1. The van der Waals surface area contributed by atoms with Gasteiger partial charge in [-0.3, -0.25) is 13.9 Å². The monoisotopic (exact) mass is 523 g/mol. The molecule has 0 aliphatic carbocycles. The molecule has 0 aromatic heterocycles. The lowest BCUT2D eigenvalue weighted by atomic mass is 10.1. The Balaban J connectivity index is 2.05. The first-order valence-corrected chi connectivity index (χ1v) is 13.5. The second-order valence-corrected chi connectivity index (χ2v) is 10.4. The number of likely N-dealkylation sites (N-methyl/N-ethyl adjacent to an activating group) is 1. The van der Waals surface area contributed by atoms with Gasteiger partial charge in [-0.25, -0.2) is 8.42 Å². The Morgan fingerprint density at radius 3 is 2.19 bits per heavy atom. The molecule has 1 atom stereocenters. The van der Waals surface area contributed by atoms with Crippen LogP contribution in [0.1, 0.15) is 25.0 Å². The highest BCUT2D eigenvalue weighted by atomic mass is 32.2. The van der Waals surface area contributed by atoms with Gasteiger partial charge in [-0.05, 0) is 50.6 Å². The number of amides is 2. The quantitative estimate of drug-likeness (QED) is 0.413. The van der Waals surface area contributed by atoms with Crippen molar-refractivity contribution in [3.05, 3.63) is 90.0 Å². The number of carbonyl (C=O) groups is 2. The number of para-hydroxylation sites is 2. The van der Waals surface area contributed by atoms with E-state index in [-0.39, 0.29) is 23.0 Å². The van der Waals surface area contributed by atoms with E-state index in [0.717, 1.165) is 15.4 Å². The summed E-state index contributed by atoms with van der Waals surface area (Å²) < 4.78 is 34.0. The average Bonchev–Trinajstić information content (AvgIpc) is 2.91. The molecule has 2 amide bonds. The van der Waals surface area contributed by atoms with E-state index < -0.39 is 28.5 Å². The van der Waals surface area contributed by atoms with Crippen molar-refractivity contribution in [1.29, 1.82) is 0 Å². The van der Waals surface area contributed by atoms with Gasteiger partial charge in [-0.1, -0.05) is 60.2 Å². The zero-order valence-corrected chi connectivity index (χ0v) is 22.4. The highest BCUT2D eigenvalue weighted by molar-refractivity contribution is 7.92. The largest absolute Gasteiger partial charge is 0.495 e. The summed E-state index contributed by atoms with van der Waals surface area (Å²) in [6.07, 6.45) is 0. The predicted molar refractivity (Wildman–Crippen MR) is 144 cm³/mol. The van der Waals surface area contributed by atoms with E-state index in [1.54, 1.807) is 56.3 Å². The van der Waals surface area contributed by atoms with Crippen LogP contribution in [0.15, 0.2) is 83.8 Å². The van der Waals surface area contributed by atoms with Crippen LogP contribution in [0.4, 0.5) is 5.69 Å². The van der Waals surface area contributed by atoms with Gasteiger partial charge in [0.15, 0.2) is 0 Å². The van der Waals surface area contributed by atoms with Crippen LogP contribution in [0.5, 0.6) is 5.75 Å². The van der Waals surface area contributed by atoms with E-state index >= 15 is 0 Å². The molecular weight excluding hydrogens is 490 g/mol. The molecule has 37 heavy (non-hydrogen) atoms. The van der Waals surface area contributed by atoms with Crippen LogP contribution in [0.25, 0.3) is 0 Å². The molecule has 0 unspecified atom stereocenters. The van der Waals surface area contributed by atoms with Gasteiger partial charge in [0.05, 0.1) is 17.7 Å². The summed E-state index contributed by atoms with van der Waals surface area (Å²) >= 11 is 0. The van der Waals surface area contributed by atoms with Gasteiger partial charge >= 0.3 is 0 Å². The second-order valence-electron chi connectivity index (χ2n) is 8.57. The Hall–Kier alpha value is -3.85. The van der Waals surface area contributed by atoms with Crippen molar-refractivity contribution in [3.63, 3.8) is 0 Å². The smallest absolute Gasteiger partial charge is 0.264 e. The standard InChI is InChI=1S/C28H33N3O5S/c1-5-29-28(33)22(3)30(19-23-17-15-21(2)16-18-23)27(32)20-31(25-13-9-10-14-26(25)36-4)37(34,35)24-11-7-6-8-12-24/h6-18,22H,5,19-20H2,1-4H3,(H,29,33)/t22-/m0/s1. The number of nitrogens with zero attached hydrogens (tertiary/aromatic N) is 2. The molecule has 0 aliphatic heterocycles. The Bertz CT molecular complexity index is 1310. The summed E-state index contributed by atoms with van der Waals surface area (Å²) in [7, 11) is -2.71. The van der Waals surface area contributed by atoms with E-state index in [1.807, 2.05) is 31.2 Å². The van der Waals surface area contributed by atoms with Gasteiger partial charge in [-0.15, -0.1) is 0 Å². The highest BCUT2D eigenvalue weighted by Gasteiger charge is 2.33. The number of sulfonamides is 1. The minimum Gasteiger partial charge on any atom is -0.495 e. The molecule has 196 valence electrons. The number of anilines is 1. The molecule has 0 bridgehead atoms. The Morgan fingerprint density at radius 2 is 1.57 bits per heavy atom. The third-order valence-electron chi connectivity index (χ3n) is 5.96. The van der Waals surface area contributed by atoms with Crippen LogP contribution >= 0.6 is 0 Å². The second kappa shape index (κ2) is 12.4. The number of nitrogens with one attached hydrogen (secondary N) is 1. The molecule has 1 N–H and O–H groups in total. The predicted octanol–water partition coefficient (Wildman–Crippen LogP) is 3.75. The number of hydrogen-bond acceptors (Lipinski definition) is 5. The number of ether oxygens (including phenoxy) is 1. The topological polar surface area (TPSA) is 96.0 Å². The highest BCUT2D eigenvalue weighted by Crippen LogP contribution is 2.32. The Kier molecular flexibility index (Phi) is 9.30. The number of benzene rings is 3. The van der Waals surface area contributed by atoms with Crippen LogP contribution in [0.3, 0.4) is 0 Å². The van der Waals surface area contributed by atoms with Crippen molar-refractivity contribution in [3.8, 4) is 5.75 Å². The number of rotatable bonds is 11. The summed E-state index contributed by atoms with van der Waals surface area (Å²) in [6.45, 7) is 5.42. The van der Waals surface area contributed by atoms with Crippen molar-refractivity contribution in [2.24, 2.45) is 0 Å². The van der Waals surface area contributed by atoms with E-state index in [1.165, 1.54) is 24.1 Å². The zero-order chi connectivity index (χ0) is 27.0. The maximum Gasteiger partial charge on any atom is 0.264 e. The SMILES string of the molecule is CCNC(=O)[C@H](C)N(Cc1ccc(C)cc1)C(=O)CN(c1ccccc1OC)S(=O)(=O)c1ccccc1. The summed E-state index contributed by atoms with van der Waals surface area (Å²) in [5.74, 6) is -0.542. The fourth-order valence-electron chi connectivity index (χ4n) is 3.86. The first-order valence-electron chi connectivity index (χ1n) is 12.0. The first-order chi connectivity index (χ1) is 17.7. The normalized spacial score (nSPS) is 11.9. The van der Waals surface area contributed by atoms with Crippen molar-refractivity contribution < 1.29 is 22.7 Å². The van der Waals surface area contributed by atoms with Gasteiger partial charge in [0.2, 0.25) is 11.8 Å². The number of methoxy groups -OCH3 is 1. The molecule has 8 nitrogen and oxygen atoms in total. The Morgan fingerprint density at radius 1 is 0.946 bits per heavy atom. The fourth-order valence-corrected chi connectivity index (χ4v) is 5.31. The summed E-state index contributed by atoms with van der Waals surface area (Å²) in [5.41, 5.74) is 2.11. The molecule has 0 fully saturated rings. The summed E-state index contributed by atoms with van der Waals surface area (Å²) in [6, 6.07) is 21.3. The third kappa shape index (κ3) is 6.68. The van der Waals surface area contributed by atoms with Crippen molar-refractivity contribution >= 4 is 27.5 Å². The minimum absolute atomic E-state index is 0.0376. The lowest BCUT2D eigenvalue weighted by Crippen LogP contribution is -2.51. The van der Waals surface area contributed by atoms with Crippen molar-refractivity contribution in [2.45, 2.75) is 38.3 Å². The Labute approximate surface area is 218 Å². The molecule has 0 aliphatic rings.